The lowest BCUT2D eigenvalue weighted by Crippen LogP contribution is -2.30. The molecule has 0 saturated carbocycles. The van der Waals surface area contributed by atoms with Gasteiger partial charge in [-0.25, -0.2) is 12.8 Å². The van der Waals surface area contributed by atoms with E-state index < -0.39 is 15.8 Å². The highest BCUT2D eigenvalue weighted by Crippen LogP contribution is 2.20. The third-order valence-corrected chi connectivity index (χ3v) is 4.03. The molecule has 10 heteroatoms. The molecule has 0 atom stereocenters. The second kappa shape index (κ2) is 6.32. The van der Waals surface area contributed by atoms with Gasteiger partial charge in [-0.2, -0.15) is 15.0 Å². The van der Waals surface area contributed by atoms with Gasteiger partial charge in [0, 0.05) is 14.1 Å². The van der Waals surface area contributed by atoms with Crippen LogP contribution < -0.4 is 14.9 Å². The molecule has 0 aliphatic heterocycles. The van der Waals surface area contributed by atoms with Gasteiger partial charge in [0.2, 0.25) is 21.9 Å². The highest BCUT2D eigenvalue weighted by molar-refractivity contribution is 7.92. The average Bonchev–Trinajstić information content (AvgIpc) is 2.44. The zero-order valence-electron chi connectivity index (χ0n) is 12.9. The SMILES string of the molecule is CN(C)c1nc(N)nc(CN(c2ccc(F)cc2)S(C)(=O)=O)n1. The second-order valence-electron chi connectivity index (χ2n) is 5.05. The summed E-state index contributed by atoms with van der Waals surface area (Å²) in [6.07, 6.45) is 1.05. The van der Waals surface area contributed by atoms with Crippen LogP contribution in [0.1, 0.15) is 5.82 Å². The van der Waals surface area contributed by atoms with Gasteiger partial charge in [0.05, 0.1) is 18.5 Å². The normalized spacial score (nSPS) is 11.3. The van der Waals surface area contributed by atoms with Crippen molar-refractivity contribution in [2.75, 3.05) is 35.3 Å². The number of sulfonamides is 1. The molecule has 23 heavy (non-hydrogen) atoms. The summed E-state index contributed by atoms with van der Waals surface area (Å²) in [6, 6.07) is 5.10. The van der Waals surface area contributed by atoms with Crippen molar-refractivity contribution < 1.29 is 12.8 Å². The van der Waals surface area contributed by atoms with E-state index >= 15 is 0 Å². The van der Waals surface area contributed by atoms with E-state index in [0.717, 1.165) is 10.6 Å². The molecule has 0 spiro atoms. The van der Waals surface area contributed by atoms with E-state index in [9.17, 15) is 12.8 Å². The Morgan fingerprint density at radius 2 is 1.74 bits per heavy atom. The van der Waals surface area contributed by atoms with E-state index in [2.05, 4.69) is 15.0 Å². The molecule has 2 aromatic rings. The molecule has 0 unspecified atom stereocenters. The van der Waals surface area contributed by atoms with E-state index in [-0.39, 0.29) is 18.3 Å². The van der Waals surface area contributed by atoms with E-state index in [1.807, 2.05) is 0 Å². The van der Waals surface area contributed by atoms with Crippen LogP contribution in [0.15, 0.2) is 24.3 Å². The van der Waals surface area contributed by atoms with Gasteiger partial charge in [-0.1, -0.05) is 0 Å². The maximum atomic E-state index is 13.0. The van der Waals surface area contributed by atoms with Gasteiger partial charge >= 0.3 is 0 Å². The number of anilines is 3. The Bertz CT molecular complexity index is 795. The van der Waals surface area contributed by atoms with Crippen LogP contribution in [0.5, 0.6) is 0 Å². The van der Waals surface area contributed by atoms with Crippen LogP contribution in [0.4, 0.5) is 22.0 Å². The number of rotatable bonds is 5. The molecule has 2 N–H and O–H groups in total. The van der Waals surface area contributed by atoms with Crippen LogP contribution in [-0.4, -0.2) is 43.7 Å². The molecule has 0 fully saturated rings. The molecule has 0 radical (unpaired) electrons. The first kappa shape index (κ1) is 16.9. The summed E-state index contributed by atoms with van der Waals surface area (Å²) in [7, 11) is -0.161. The molecule has 0 amide bonds. The van der Waals surface area contributed by atoms with E-state index in [0.29, 0.717) is 11.6 Å². The molecule has 2 rings (SSSR count). The van der Waals surface area contributed by atoms with Crippen molar-refractivity contribution >= 4 is 27.6 Å². The Balaban J connectivity index is 2.41. The van der Waals surface area contributed by atoms with Gasteiger partial charge in [0.1, 0.15) is 5.82 Å². The van der Waals surface area contributed by atoms with Gasteiger partial charge in [-0.15, -0.1) is 0 Å². The second-order valence-corrected chi connectivity index (χ2v) is 6.96. The molecule has 8 nitrogen and oxygen atoms in total. The average molecular weight is 340 g/mol. The lowest BCUT2D eigenvalue weighted by molar-refractivity contribution is 0.594. The van der Waals surface area contributed by atoms with Crippen LogP contribution in [0.2, 0.25) is 0 Å². The van der Waals surface area contributed by atoms with Crippen LogP contribution in [-0.2, 0) is 16.6 Å². The molecule has 1 aromatic heterocycles. The fourth-order valence-corrected chi connectivity index (χ4v) is 2.69. The van der Waals surface area contributed by atoms with E-state index in [1.54, 1.807) is 19.0 Å². The van der Waals surface area contributed by atoms with Crippen LogP contribution >= 0.6 is 0 Å². The summed E-state index contributed by atoms with van der Waals surface area (Å²) in [4.78, 5) is 13.7. The maximum Gasteiger partial charge on any atom is 0.232 e. The quantitative estimate of drug-likeness (QED) is 0.851. The van der Waals surface area contributed by atoms with E-state index in [4.69, 9.17) is 5.73 Å². The third kappa shape index (κ3) is 4.25. The summed E-state index contributed by atoms with van der Waals surface area (Å²) in [5, 5.41) is 0. The standard InChI is InChI=1S/C13H17FN6O2S/c1-19(2)13-17-11(16-12(15)18-13)8-20(23(3,21)22)10-6-4-9(14)5-7-10/h4-7H,8H2,1-3H3,(H2,15,16,17,18). The molecular weight excluding hydrogens is 323 g/mol. The van der Waals surface area contributed by atoms with Crippen molar-refractivity contribution in [1.29, 1.82) is 0 Å². The summed E-state index contributed by atoms with van der Waals surface area (Å²) in [5.41, 5.74) is 5.94. The number of benzene rings is 1. The molecule has 0 bridgehead atoms. The Morgan fingerprint density at radius 1 is 1.13 bits per heavy atom. The predicted molar refractivity (Wildman–Crippen MR) is 86.0 cm³/mol. The Labute approximate surface area is 133 Å². The monoisotopic (exact) mass is 340 g/mol. The fourth-order valence-electron chi connectivity index (χ4n) is 1.83. The van der Waals surface area contributed by atoms with Crippen molar-refractivity contribution in [2.24, 2.45) is 0 Å². The minimum Gasteiger partial charge on any atom is -0.368 e. The first-order chi connectivity index (χ1) is 10.7. The largest absolute Gasteiger partial charge is 0.368 e. The van der Waals surface area contributed by atoms with Crippen molar-refractivity contribution in [3.63, 3.8) is 0 Å². The number of hydrogen-bond acceptors (Lipinski definition) is 7. The molecule has 1 heterocycles. The summed E-state index contributed by atoms with van der Waals surface area (Å²) >= 11 is 0. The molecule has 0 saturated heterocycles. The van der Waals surface area contributed by atoms with Crippen LogP contribution in [0.25, 0.3) is 0 Å². The third-order valence-electron chi connectivity index (χ3n) is 2.89. The Hall–Kier alpha value is -2.49. The number of nitrogens with two attached hydrogens (primary N) is 1. The van der Waals surface area contributed by atoms with Gasteiger partial charge in [0.25, 0.3) is 0 Å². The van der Waals surface area contributed by atoms with Crippen molar-refractivity contribution in [3.05, 3.63) is 35.9 Å². The number of nitrogens with zero attached hydrogens (tertiary/aromatic N) is 5. The molecule has 124 valence electrons. The minimum absolute atomic E-state index is 0.00810. The number of halogens is 1. The van der Waals surface area contributed by atoms with Gasteiger partial charge < -0.3 is 10.6 Å². The summed E-state index contributed by atoms with van der Waals surface area (Å²) in [5.74, 6) is 0.0452. The van der Waals surface area contributed by atoms with Crippen molar-refractivity contribution in [3.8, 4) is 0 Å². The first-order valence-corrected chi connectivity index (χ1v) is 8.42. The van der Waals surface area contributed by atoms with Crippen molar-refractivity contribution in [2.45, 2.75) is 6.54 Å². The lowest BCUT2D eigenvalue weighted by Gasteiger charge is -2.22. The van der Waals surface area contributed by atoms with Gasteiger partial charge in [0.15, 0.2) is 5.82 Å². The lowest BCUT2D eigenvalue weighted by atomic mass is 10.3. The zero-order chi connectivity index (χ0) is 17.2. The highest BCUT2D eigenvalue weighted by atomic mass is 32.2. The highest BCUT2D eigenvalue weighted by Gasteiger charge is 2.20. The van der Waals surface area contributed by atoms with Crippen molar-refractivity contribution in [1.82, 2.24) is 15.0 Å². The first-order valence-electron chi connectivity index (χ1n) is 6.58. The van der Waals surface area contributed by atoms with Crippen LogP contribution in [0.3, 0.4) is 0 Å². The maximum absolute atomic E-state index is 13.0. The van der Waals surface area contributed by atoms with E-state index in [1.165, 1.54) is 24.3 Å². The number of nitrogen functional groups attached to an aromatic ring is 1. The van der Waals surface area contributed by atoms with Gasteiger partial charge in [-0.05, 0) is 24.3 Å². The summed E-state index contributed by atoms with van der Waals surface area (Å²) < 4.78 is 38.2. The smallest absolute Gasteiger partial charge is 0.232 e. The number of hydrogen-bond donors (Lipinski definition) is 1. The Kier molecular flexibility index (Phi) is 4.64. The molecular formula is C13H17FN6O2S. The molecule has 0 aliphatic carbocycles. The molecule has 1 aromatic carbocycles. The molecule has 0 aliphatic rings. The summed E-state index contributed by atoms with van der Waals surface area (Å²) in [6.45, 7) is -0.141. The number of aromatic nitrogens is 3. The predicted octanol–water partition coefficient (Wildman–Crippen LogP) is 0.625. The Morgan fingerprint density at radius 3 is 2.26 bits per heavy atom. The topological polar surface area (TPSA) is 105 Å². The van der Waals surface area contributed by atoms with Gasteiger partial charge in [-0.3, -0.25) is 4.31 Å². The van der Waals surface area contributed by atoms with Crippen LogP contribution in [0, 0.1) is 5.82 Å². The zero-order valence-corrected chi connectivity index (χ0v) is 13.7. The minimum atomic E-state index is -3.62. The fraction of sp³-hybridized carbons (Fsp3) is 0.308.